The number of hydrogen-bond acceptors (Lipinski definition) is 4. The summed E-state index contributed by atoms with van der Waals surface area (Å²) >= 11 is 5.20. The molecule has 0 heterocycles. The van der Waals surface area contributed by atoms with E-state index in [-0.39, 0.29) is 16.4 Å². The van der Waals surface area contributed by atoms with E-state index in [0.717, 1.165) is 16.3 Å². The van der Waals surface area contributed by atoms with E-state index in [9.17, 15) is 9.90 Å². The minimum atomic E-state index is -1.02. The van der Waals surface area contributed by atoms with E-state index in [1.54, 1.807) is 18.2 Å². The number of nitrogens with one attached hydrogen (secondary N) is 2. The number of thiocarbonyl (C=S) groups is 1. The second kappa shape index (κ2) is 9.28. The smallest absolute Gasteiger partial charge is 0.335 e. The number of fused-ring (bicyclic) bond motifs is 1. The molecule has 0 spiro atoms. The summed E-state index contributed by atoms with van der Waals surface area (Å²) in [5.74, 6) is -0.908. The molecule has 158 valence electrons. The summed E-state index contributed by atoms with van der Waals surface area (Å²) in [4.78, 5) is 11.1. The van der Waals surface area contributed by atoms with Crippen LogP contribution in [-0.4, -0.2) is 27.5 Å². The molecule has 4 aromatic rings. The Labute approximate surface area is 189 Å². The van der Waals surface area contributed by atoms with Crippen molar-refractivity contribution in [1.82, 2.24) is 5.43 Å². The van der Waals surface area contributed by atoms with Crippen molar-refractivity contribution in [1.29, 1.82) is 0 Å². The van der Waals surface area contributed by atoms with Crippen LogP contribution in [0, 0.1) is 0 Å². The third-order valence-corrected chi connectivity index (χ3v) is 5.08. The lowest BCUT2D eigenvalue weighted by molar-refractivity contribution is 0.0697. The van der Waals surface area contributed by atoms with E-state index in [1.807, 2.05) is 54.6 Å². The number of nitrogens with zero attached hydrogens (tertiary/aromatic N) is 1. The van der Waals surface area contributed by atoms with E-state index < -0.39 is 5.97 Å². The highest BCUT2D eigenvalue weighted by atomic mass is 32.1. The monoisotopic (exact) mass is 441 g/mol. The molecule has 0 unspecified atom stereocenters. The molecule has 4 N–H and O–H groups in total. The van der Waals surface area contributed by atoms with Crippen molar-refractivity contribution in [2.75, 3.05) is 5.32 Å². The second-order valence-corrected chi connectivity index (χ2v) is 7.39. The van der Waals surface area contributed by atoms with Crippen LogP contribution in [0.25, 0.3) is 21.9 Å². The highest BCUT2D eigenvalue weighted by Gasteiger charge is 2.10. The summed E-state index contributed by atoms with van der Waals surface area (Å²) in [6, 6.07) is 25.7. The molecule has 6 nitrogen and oxygen atoms in total. The van der Waals surface area contributed by atoms with Crippen molar-refractivity contribution in [2.45, 2.75) is 0 Å². The number of hydrogen-bond donors (Lipinski definition) is 4. The summed E-state index contributed by atoms with van der Waals surface area (Å²) in [6.45, 7) is 0. The van der Waals surface area contributed by atoms with Gasteiger partial charge < -0.3 is 15.5 Å². The standard InChI is InChI=1S/C25H19N3O3S/c29-23-18(15-26-28-25(32)27-19-10-3-8-17(14-19)24(30)31)9-5-13-22(23)21-12-4-7-16-6-1-2-11-20(16)21/h1-15,29H,(H,30,31)(H2,27,28,32)/b26-15+. The maximum atomic E-state index is 11.1. The zero-order valence-corrected chi connectivity index (χ0v) is 17.6. The van der Waals surface area contributed by atoms with Gasteiger partial charge in [-0.1, -0.05) is 60.7 Å². The van der Waals surface area contributed by atoms with Crippen molar-refractivity contribution in [3.05, 3.63) is 96.1 Å². The van der Waals surface area contributed by atoms with Crippen LogP contribution in [0.4, 0.5) is 5.69 Å². The van der Waals surface area contributed by atoms with Gasteiger partial charge in [0, 0.05) is 16.8 Å². The van der Waals surface area contributed by atoms with E-state index in [2.05, 4.69) is 15.8 Å². The van der Waals surface area contributed by atoms with Crippen molar-refractivity contribution < 1.29 is 15.0 Å². The second-order valence-electron chi connectivity index (χ2n) is 6.98. The molecule has 0 aliphatic carbocycles. The maximum Gasteiger partial charge on any atom is 0.335 e. The first-order chi connectivity index (χ1) is 15.5. The largest absolute Gasteiger partial charge is 0.507 e. The van der Waals surface area contributed by atoms with Crippen LogP contribution >= 0.6 is 12.2 Å². The van der Waals surface area contributed by atoms with Crippen molar-refractivity contribution in [3.63, 3.8) is 0 Å². The molecule has 0 atom stereocenters. The van der Waals surface area contributed by atoms with Gasteiger partial charge in [0.25, 0.3) is 0 Å². The van der Waals surface area contributed by atoms with Gasteiger partial charge in [0.05, 0.1) is 11.8 Å². The fraction of sp³-hybridized carbons (Fsp3) is 0. The molecule has 0 saturated heterocycles. The molecule has 0 bridgehead atoms. The normalized spacial score (nSPS) is 10.9. The first-order valence-electron chi connectivity index (χ1n) is 9.76. The van der Waals surface area contributed by atoms with Crippen molar-refractivity contribution in [3.8, 4) is 16.9 Å². The molecule has 0 amide bonds. The SMILES string of the molecule is O=C(O)c1cccc(NC(=S)N/N=C/c2cccc(-c3cccc4ccccc34)c2O)c1. The van der Waals surface area contributed by atoms with E-state index in [1.165, 1.54) is 18.3 Å². The zero-order valence-electron chi connectivity index (χ0n) is 16.8. The topological polar surface area (TPSA) is 94.0 Å². The molecule has 0 aliphatic heterocycles. The number of aromatic hydroxyl groups is 1. The van der Waals surface area contributed by atoms with E-state index >= 15 is 0 Å². The van der Waals surface area contributed by atoms with Gasteiger partial charge in [0.1, 0.15) is 5.75 Å². The van der Waals surface area contributed by atoms with Gasteiger partial charge in [-0.15, -0.1) is 0 Å². The van der Waals surface area contributed by atoms with Crippen LogP contribution in [-0.2, 0) is 0 Å². The minimum Gasteiger partial charge on any atom is -0.507 e. The molecule has 0 fully saturated rings. The van der Waals surface area contributed by atoms with Crippen molar-refractivity contribution in [2.24, 2.45) is 5.10 Å². The summed E-state index contributed by atoms with van der Waals surface area (Å²) in [5, 5.41) is 29.2. The molecule has 7 heteroatoms. The third kappa shape index (κ3) is 4.58. The summed E-state index contributed by atoms with van der Waals surface area (Å²) in [6.07, 6.45) is 1.48. The summed E-state index contributed by atoms with van der Waals surface area (Å²) in [7, 11) is 0. The van der Waals surface area contributed by atoms with Gasteiger partial charge in [-0.2, -0.15) is 5.10 Å². The Morgan fingerprint density at radius 1 is 0.906 bits per heavy atom. The first-order valence-corrected chi connectivity index (χ1v) is 10.2. The van der Waals surface area contributed by atoms with Crippen LogP contribution in [0.3, 0.4) is 0 Å². The number of phenolic OH excluding ortho intramolecular Hbond substituents is 1. The molecular formula is C25H19N3O3S. The average molecular weight is 442 g/mol. The lowest BCUT2D eigenvalue weighted by atomic mass is 9.96. The lowest BCUT2D eigenvalue weighted by Crippen LogP contribution is -2.24. The van der Waals surface area contributed by atoms with Crippen LogP contribution in [0.2, 0.25) is 0 Å². The number of hydrazone groups is 1. The van der Waals surface area contributed by atoms with Crippen LogP contribution in [0.5, 0.6) is 5.75 Å². The Bertz CT molecular complexity index is 1350. The van der Waals surface area contributed by atoms with E-state index in [0.29, 0.717) is 16.8 Å². The van der Waals surface area contributed by atoms with Gasteiger partial charge >= 0.3 is 5.97 Å². The fourth-order valence-electron chi connectivity index (χ4n) is 3.39. The maximum absolute atomic E-state index is 11.1. The van der Waals surface area contributed by atoms with Gasteiger partial charge in [0.2, 0.25) is 0 Å². The highest BCUT2D eigenvalue weighted by Crippen LogP contribution is 2.35. The predicted octanol–water partition coefficient (Wildman–Crippen LogP) is 5.23. The number of aromatic carboxylic acids is 1. The number of rotatable bonds is 5. The Balaban J connectivity index is 1.51. The first kappa shape index (κ1) is 21.0. The Morgan fingerprint density at radius 3 is 2.47 bits per heavy atom. The Morgan fingerprint density at radius 2 is 1.62 bits per heavy atom. The van der Waals surface area contributed by atoms with Gasteiger partial charge in [-0.25, -0.2) is 4.79 Å². The van der Waals surface area contributed by atoms with Crippen molar-refractivity contribution >= 4 is 46.0 Å². The average Bonchev–Trinajstić information content (AvgIpc) is 2.80. The number of para-hydroxylation sites is 1. The molecule has 0 saturated carbocycles. The third-order valence-electron chi connectivity index (χ3n) is 4.88. The zero-order chi connectivity index (χ0) is 22.5. The number of carboxylic acid groups (broad SMARTS) is 1. The summed E-state index contributed by atoms with van der Waals surface area (Å²) < 4.78 is 0. The van der Waals surface area contributed by atoms with Crippen LogP contribution < -0.4 is 10.7 Å². The number of anilines is 1. The number of benzene rings is 4. The Kier molecular flexibility index (Phi) is 6.10. The lowest BCUT2D eigenvalue weighted by Gasteiger charge is -2.11. The Hall–Kier alpha value is -4.23. The molecule has 4 rings (SSSR count). The quantitative estimate of drug-likeness (QED) is 0.192. The van der Waals surface area contributed by atoms with Gasteiger partial charge in [0.15, 0.2) is 5.11 Å². The molecule has 32 heavy (non-hydrogen) atoms. The molecular weight excluding hydrogens is 422 g/mol. The molecule has 0 aliphatic rings. The van der Waals surface area contributed by atoms with Gasteiger partial charge in [-0.05, 0) is 52.8 Å². The molecule has 4 aromatic carbocycles. The van der Waals surface area contributed by atoms with E-state index in [4.69, 9.17) is 17.3 Å². The number of phenols is 1. The number of carbonyl (C=O) groups is 1. The highest BCUT2D eigenvalue weighted by molar-refractivity contribution is 7.80. The molecule has 0 radical (unpaired) electrons. The summed E-state index contributed by atoms with van der Waals surface area (Å²) in [5.41, 5.74) is 5.51. The van der Waals surface area contributed by atoms with Crippen LogP contribution in [0.1, 0.15) is 15.9 Å². The van der Waals surface area contributed by atoms with Gasteiger partial charge in [-0.3, -0.25) is 5.43 Å². The molecule has 0 aromatic heterocycles. The fourth-order valence-corrected chi connectivity index (χ4v) is 3.56. The number of carboxylic acids is 1. The predicted molar refractivity (Wildman–Crippen MR) is 131 cm³/mol. The van der Waals surface area contributed by atoms with Crippen LogP contribution in [0.15, 0.2) is 90.0 Å². The minimum absolute atomic E-state index is 0.113.